The first-order chi connectivity index (χ1) is 13.5. The Hall–Kier alpha value is -2.74. The van der Waals surface area contributed by atoms with E-state index in [0.29, 0.717) is 18.8 Å². The van der Waals surface area contributed by atoms with E-state index in [0.717, 1.165) is 31.4 Å². The number of nitrogens with one attached hydrogen (secondary N) is 2. The summed E-state index contributed by atoms with van der Waals surface area (Å²) in [7, 11) is 3.79. The highest BCUT2D eigenvalue weighted by Gasteiger charge is 2.27. The molecule has 3 heterocycles. The van der Waals surface area contributed by atoms with Crippen molar-refractivity contribution in [1.82, 2.24) is 30.1 Å². The third-order valence-electron chi connectivity index (χ3n) is 5.12. The Labute approximate surface area is 165 Å². The second kappa shape index (κ2) is 9.45. The molecule has 2 amide bonds. The number of carbonyl (C=O) groups excluding carboxylic acids is 2. The Morgan fingerprint density at radius 1 is 1.18 bits per heavy atom. The van der Waals surface area contributed by atoms with E-state index in [1.54, 1.807) is 30.3 Å². The SMILES string of the molecule is CN1C[C@@H](NC(=O)c2cncn2C)CC[C@@H](C(=O)NCCc2cccnc2)C1. The lowest BCUT2D eigenvalue weighted by atomic mass is 10.0. The van der Waals surface area contributed by atoms with Gasteiger partial charge in [-0.3, -0.25) is 14.6 Å². The number of hydrogen-bond donors (Lipinski definition) is 2. The van der Waals surface area contributed by atoms with Gasteiger partial charge in [0.15, 0.2) is 0 Å². The molecule has 0 spiro atoms. The van der Waals surface area contributed by atoms with Crippen molar-refractivity contribution in [1.29, 1.82) is 0 Å². The van der Waals surface area contributed by atoms with Crippen LogP contribution < -0.4 is 10.6 Å². The minimum Gasteiger partial charge on any atom is -0.355 e. The number of hydrogen-bond acceptors (Lipinski definition) is 5. The number of aromatic nitrogens is 3. The molecule has 0 bridgehead atoms. The Morgan fingerprint density at radius 2 is 2.04 bits per heavy atom. The molecular formula is C20H28N6O2. The standard InChI is InChI=1S/C20H28N6O2/c1-25-12-16(19(27)23-9-7-15-4-3-8-21-10-15)5-6-17(13-25)24-20(28)18-11-22-14-26(18)2/h3-4,8,10-11,14,16-17H,5-7,9,12-13H2,1-2H3,(H,23,27)(H,24,28)/t16-,17+/m1/s1. The van der Waals surface area contributed by atoms with Gasteiger partial charge in [0.1, 0.15) is 5.69 Å². The summed E-state index contributed by atoms with van der Waals surface area (Å²) in [5, 5.41) is 6.12. The Bertz CT molecular complexity index is 791. The molecule has 0 saturated carbocycles. The first-order valence-electron chi connectivity index (χ1n) is 9.65. The number of likely N-dealkylation sites (tertiary alicyclic amines) is 1. The van der Waals surface area contributed by atoms with Crippen molar-refractivity contribution in [2.24, 2.45) is 13.0 Å². The lowest BCUT2D eigenvalue weighted by Crippen LogP contribution is -2.42. The summed E-state index contributed by atoms with van der Waals surface area (Å²) in [6.07, 6.45) is 9.03. The van der Waals surface area contributed by atoms with Crippen LogP contribution in [-0.4, -0.2) is 64.0 Å². The molecule has 0 aliphatic carbocycles. The van der Waals surface area contributed by atoms with Crippen molar-refractivity contribution < 1.29 is 9.59 Å². The Kier molecular flexibility index (Phi) is 6.76. The third-order valence-corrected chi connectivity index (χ3v) is 5.12. The molecule has 1 fully saturated rings. The zero-order chi connectivity index (χ0) is 19.9. The van der Waals surface area contributed by atoms with E-state index >= 15 is 0 Å². The number of carbonyl (C=O) groups is 2. The summed E-state index contributed by atoms with van der Waals surface area (Å²) in [4.78, 5) is 35.2. The quantitative estimate of drug-likeness (QED) is 0.762. The van der Waals surface area contributed by atoms with E-state index in [4.69, 9.17) is 0 Å². The van der Waals surface area contributed by atoms with E-state index in [1.165, 1.54) is 0 Å². The normalized spacial score (nSPS) is 20.4. The van der Waals surface area contributed by atoms with Crippen LogP contribution in [-0.2, 0) is 18.3 Å². The van der Waals surface area contributed by atoms with Gasteiger partial charge < -0.3 is 20.1 Å². The summed E-state index contributed by atoms with van der Waals surface area (Å²) in [6, 6.07) is 3.92. The zero-order valence-corrected chi connectivity index (χ0v) is 16.5. The molecule has 8 nitrogen and oxygen atoms in total. The summed E-state index contributed by atoms with van der Waals surface area (Å²) >= 11 is 0. The average molecular weight is 384 g/mol. The first kappa shape index (κ1) is 20.0. The minimum absolute atomic E-state index is 0.0144. The van der Waals surface area contributed by atoms with Gasteiger partial charge in [0.25, 0.3) is 5.91 Å². The fourth-order valence-corrected chi connectivity index (χ4v) is 3.60. The maximum Gasteiger partial charge on any atom is 0.269 e. The predicted octanol–water partition coefficient (Wildman–Crippen LogP) is 0.614. The summed E-state index contributed by atoms with van der Waals surface area (Å²) < 4.78 is 1.70. The van der Waals surface area contributed by atoms with Crippen LogP contribution >= 0.6 is 0 Å². The monoisotopic (exact) mass is 384 g/mol. The van der Waals surface area contributed by atoms with Crippen LogP contribution in [0.25, 0.3) is 0 Å². The van der Waals surface area contributed by atoms with E-state index in [9.17, 15) is 9.59 Å². The molecule has 2 aromatic heterocycles. The van der Waals surface area contributed by atoms with Gasteiger partial charge in [-0.15, -0.1) is 0 Å². The van der Waals surface area contributed by atoms with Crippen LogP contribution in [0.2, 0.25) is 0 Å². The van der Waals surface area contributed by atoms with Gasteiger partial charge >= 0.3 is 0 Å². The van der Waals surface area contributed by atoms with Crippen molar-refractivity contribution in [3.8, 4) is 0 Å². The number of nitrogens with zero attached hydrogens (tertiary/aromatic N) is 4. The van der Waals surface area contributed by atoms with Crippen LogP contribution in [0.5, 0.6) is 0 Å². The van der Waals surface area contributed by atoms with Crippen molar-refractivity contribution in [3.63, 3.8) is 0 Å². The van der Waals surface area contributed by atoms with E-state index in [1.807, 2.05) is 25.4 Å². The molecule has 2 atom stereocenters. The van der Waals surface area contributed by atoms with Crippen molar-refractivity contribution in [3.05, 3.63) is 48.3 Å². The Balaban J connectivity index is 1.48. The zero-order valence-electron chi connectivity index (χ0n) is 16.5. The number of likely N-dealkylation sites (N-methyl/N-ethyl adjacent to an activating group) is 1. The van der Waals surface area contributed by atoms with Gasteiger partial charge in [-0.25, -0.2) is 4.98 Å². The second-order valence-electron chi connectivity index (χ2n) is 7.46. The van der Waals surface area contributed by atoms with Gasteiger partial charge in [-0.2, -0.15) is 0 Å². The highest BCUT2D eigenvalue weighted by Crippen LogP contribution is 2.17. The van der Waals surface area contributed by atoms with Crippen LogP contribution in [0.15, 0.2) is 37.1 Å². The van der Waals surface area contributed by atoms with Gasteiger partial charge in [0.2, 0.25) is 5.91 Å². The van der Waals surface area contributed by atoms with Crippen LogP contribution in [0.4, 0.5) is 0 Å². The first-order valence-corrected chi connectivity index (χ1v) is 9.65. The molecule has 150 valence electrons. The number of pyridine rings is 1. The lowest BCUT2D eigenvalue weighted by molar-refractivity contribution is -0.125. The highest BCUT2D eigenvalue weighted by atomic mass is 16.2. The largest absolute Gasteiger partial charge is 0.355 e. The molecule has 1 aliphatic rings. The fraction of sp³-hybridized carbons (Fsp3) is 0.500. The van der Waals surface area contributed by atoms with Crippen molar-refractivity contribution in [2.75, 3.05) is 26.7 Å². The molecule has 8 heteroatoms. The van der Waals surface area contributed by atoms with Gasteiger partial charge in [0, 0.05) is 45.1 Å². The third kappa shape index (κ3) is 5.39. The van der Waals surface area contributed by atoms with E-state index in [2.05, 4.69) is 25.5 Å². The van der Waals surface area contributed by atoms with Crippen LogP contribution in [0, 0.1) is 5.92 Å². The number of imidazole rings is 1. The maximum absolute atomic E-state index is 12.6. The molecule has 2 N–H and O–H groups in total. The molecule has 2 aromatic rings. The number of aryl methyl sites for hydroxylation is 1. The summed E-state index contributed by atoms with van der Waals surface area (Å²) in [6.45, 7) is 2.02. The molecule has 3 rings (SSSR count). The molecular weight excluding hydrogens is 356 g/mol. The van der Waals surface area contributed by atoms with Gasteiger partial charge in [0.05, 0.1) is 18.4 Å². The fourth-order valence-electron chi connectivity index (χ4n) is 3.60. The highest BCUT2D eigenvalue weighted by molar-refractivity contribution is 5.92. The topological polar surface area (TPSA) is 92.2 Å². The Morgan fingerprint density at radius 3 is 2.75 bits per heavy atom. The summed E-state index contributed by atoms with van der Waals surface area (Å²) in [5.74, 6) is -0.121. The second-order valence-corrected chi connectivity index (χ2v) is 7.46. The number of rotatable bonds is 6. The van der Waals surface area contributed by atoms with Crippen molar-refractivity contribution in [2.45, 2.75) is 25.3 Å². The molecule has 28 heavy (non-hydrogen) atoms. The average Bonchev–Trinajstić information content (AvgIpc) is 3.02. The van der Waals surface area contributed by atoms with Gasteiger partial charge in [-0.05, 0) is 37.9 Å². The van der Waals surface area contributed by atoms with Crippen molar-refractivity contribution >= 4 is 11.8 Å². The van der Waals surface area contributed by atoms with Crippen LogP contribution in [0.3, 0.4) is 0 Å². The minimum atomic E-state index is -0.127. The predicted molar refractivity (Wildman–Crippen MR) is 106 cm³/mol. The number of amides is 2. The van der Waals surface area contributed by atoms with Gasteiger partial charge in [-0.1, -0.05) is 6.07 Å². The maximum atomic E-state index is 12.6. The smallest absolute Gasteiger partial charge is 0.269 e. The molecule has 1 aliphatic heterocycles. The molecule has 0 radical (unpaired) electrons. The lowest BCUT2D eigenvalue weighted by Gasteiger charge is -2.22. The summed E-state index contributed by atoms with van der Waals surface area (Å²) in [5.41, 5.74) is 1.65. The van der Waals surface area contributed by atoms with E-state index in [-0.39, 0.29) is 23.8 Å². The molecule has 1 saturated heterocycles. The molecule has 0 aromatic carbocycles. The van der Waals surface area contributed by atoms with Crippen LogP contribution in [0.1, 0.15) is 28.9 Å². The van der Waals surface area contributed by atoms with E-state index < -0.39 is 0 Å². The molecule has 0 unspecified atom stereocenters.